The van der Waals surface area contributed by atoms with E-state index in [1.165, 1.54) is 23.5 Å². The first kappa shape index (κ1) is 19.2. The van der Waals surface area contributed by atoms with E-state index in [2.05, 4.69) is 9.88 Å². The van der Waals surface area contributed by atoms with Crippen LogP contribution >= 0.6 is 11.3 Å². The molecule has 0 radical (unpaired) electrons. The van der Waals surface area contributed by atoms with Crippen molar-refractivity contribution in [2.24, 2.45) is 0 Å². The highest BCUT2D eigenvalue weighted by molar-refractivity contribution is 7.15. The second kappa shape index (κ2) is 7.60. The summed E-state index contributed by atoms with van der Waals surface area (Å²) in [6.45, 7) is 2.57. The zero-order chi connectivity index (χ0) is 19.6. The average molecular weight is 392 g/mol. The highest BCUT2D eigenvalue weighted by Gasteiger charge is 2.30. The van der Waals surface area contributed by atoms with Gasteiger partial charge in [0.05, 0.1) is 24.9 Å². The Morgan fingerprint density at radius 1 is 1.11 bits per heavy atom. The van der Waals surface area contributed by atoms with Gasteiger partial charge >= 0.3 is 6.18 Å². The minimum atomic E-state index is -4.33. The molecule has 0 unspecified atom stereocenters. The summed E-state index contributed by atoms with van der Waals surface area (Å²) in [5, 5.41) is 0.718. The monoisotopic (exact) mass is 392 g/mol. The van der Waals surface area contributed by atoms with Crippen molar-refractivity contribution in [2.75, 3.05) is 19.1 Å². The van der Waals surface area contributed by atoms with Crippen molar-refractivity contribution in [1.82, 2.24) is 4.98 Å². The van der Waals surface area contributed by atoms with E-state index in [1.807, 2.05) is 38.2 Å². The Kier molecular flexibility index (Phi) is 5.41. The summed E-state index contributed by atoms with van der Waals surface area (Å²) in [4.78, 5) is 7.69. The molecule has 0 saturated carbocycles. The van der Waals surface area contributed by atoms with Crippen LogP contribution in [0.25, 0.3) is 10.6 Å². The summed E-state index contributed by atoms with van der Waals surface area (Å²) in [7, 11) is 3.61. The van der Waals surface area contributed by atoms with Gasteiger partial charge in [-0.3, -0.25) is 0 Å². The Hall–Kier alpha value is -2.54. The van der Waals surface area contributed by atoms with Gasteiger partial charge < -0.3 is 9.64 Å². The number of hydrogen-bond acceptors (Lipinski definition) is 4. The molecule has 0 fully saturated rings. The zero-order valence-corrected chi connectivity index (χ0v) is 16.0. The van der Waals surface area contributed by atoms with Crippen molar-refractivity contribution >= 4 is 17.0 Å². The molecular weight excluding hydrogens is 373 g/mol. The number of halogens is 3. The lowest BCUT2D eigenvalue weighted by Gasteiger charge is -2.19. The van der Waals surface area contributed by atoms with Gasteiger partial charge in [0.2, 0.25) is 0 Å². The average Bonchev–Trinajstić information content (AvgIpc) is 3.01. The van der Waals surface area contributed by atoms with Crippen LogP contribution < -0.4 is 9.64 Å². The van der Waals surface area contributed by atoms with Crippen molar-refractivity contribution in [2.45, 2.75) is 19.6 Å². The lowest BCUT2D eigenvalue weighted by molar-refractivity contribution is -0.137. The first-order chi connectivity index (χ1) is 12.8. The van der Waals surface area contributed by atoms with Crippen LogP contribution in [0, 0.1) is 6.92 Å². The van der Waals surface area contributed by atoms with Gasteiger partial charge in [0.1, 0.15) is 10.8 Å². The van der Waals surface area contributed by atoms with E-state index in [-0.39, 0.29) is 0 Å². The van der Waals surface area contributed by atoms with Crippen LogP contribution in [0.1, 0.15) is 16.1 Å². The summed E-state index contributed by atoms with van der Waals surface area (Å²) >= 11 is 1.49. The van der Waals surface area contributed by atoms with E-state index in [4.69, 9.17) is 4.74 Å². The molecule has 0 aliphatic carbocycles. The Morgan fingerprint density at radius 2 is 1.81 bits per heavy atom. The number of alkyl halides is 3. The number of benzene rings is 2. The van der Waals surface area contributed by atoms with Gasteiger partial charge in [0.25, 0.3) is 0 Å². The first-order valence-electron chi connectivity index (χ1n) is 8.27. The predicted octanol–water partition coefficient (Wildman–Crippen LogP) is 5.78. The summed E-state index contributed by atoms with van der Waals surface area (Å²) in [5.74, 6) is 0.783. The number of aromatic nitrogens is 1. The van der Waals surface area contributed by atoms with Crippen molar-refractivity contribution in [3.63, 3.8) is 0 Å². The minimum Gasteiger partial charge on any atom is -0.497 e. The van der Waals surface area contributed by atoms with Gasteiger partial charge in [-0.2, -0.15) is 13.2 Å². The number of nitrogens with zero attached hydrogens (tertiary/aromatic N) is 2. The van der Waals surface area contributed by atoms with E-state index < -0.39 is 11.7 Å². The smallest absolute Gasteiger partial charge is 0.416 e. The summed E-state index contributed by atoms with van der Waals surface area (Å²) in [6.07, 6.45) is -4.33. The van der Waals surface area contributed by atoms with E-state index in [1.54, 1.807) is 7.11 Å². The van der Waals surface area contributed by atoms with Gasteiger partial charge in [0, 0.05) is 29.2 Å². The largest absolute Gasteiger partial charge is 0.497 e. The molecule has 142 valence electrons. The fraction of sp³-hybridized carbons (Fsp3) is 0.250. The van der Waals surface area contributed by atoms with Crippen LogP contribution in [0.3, 0.4) is 0 Å². The zero-order valence-electron chi connectivity index (χ0n) is 15.2. The molecule has 0 bridgehead atoms. The SMILES string of the molecule is COc1cccc(N(C)Cc2sc(-c3ccc(C(F)(F)F)cc3)nc2C)c1. The molecule has 1 aromatic heterocycles. The second-order valence-corrected chi connectivity index (χ2v) is 7.24. The molecule has 1 heterocycles. The third kappa shape index (κ3) is 4.42. The van der Waals surface area contributed by atoms with Gasteiger partial charge in [-0.05, 0) is 31.2 Å². The number of ether oxygens (including phenoxy) is 1. The van der Waals surface area contributed by atoms with Gasteiger partial charge in [-0.15, -0.1) is 11.3 Å². The van der Waals surface area contributed by atoms with Crippen LogP contribution in [0.5, 0.6) is 5.75 Å². The quantitative estimate of drug-likeness (QED) is 0.550. The van der Waals surface area contributed by atoms with Crippen molar-refractivity contribution < 1.29 is 17.9 Å². The maximum atomic E-state index is 12.7. The minimum absolute atomic E-state index is 0.650. The molecular formula is C20H19F3N2OS. The number of aryl methyl sites for hydroxylation is 1. The lowest BCUT2D eigenvalue weighted by atomic mass is 10.1. The molecule has 27 heavy (non-hydrogen) atoms. The highest BCUT2D eigenvalue weighted by Crippen LogP contribution is 2.33. The third-order valence-electron chi connectivity index (χ3n) is 4.23. The van der Waals surface area contributed by atoms with Crippen molar-refractivity contribution in [3.05, 3.63) is 64.7 Å². The first-order valence-corrected chi connectivity index (χ1v) is 9.08. The number of thiazole rings is 1. The van der Waals surface area contributed by atoms with Crippen LogP contribution in [-0.2, 0) is 12.7 Å². The normalized spacial score (nSPS) is 11.5. The van der Waals surface area contributed by atoms with Crippen molar-refractivity contribution in [3.8, 4) is 16.3 Å². The summed E-state index contributed by atoms with van der Waals surface area (Å²) in [5.41, 5.74) is 1.92. The molecule has 0 atom stereocenters. The second-order valence-electron chi connectivity index (χ2n) is 6.16. The van der Waals surface area contributed by atoms with Crippen molar-refractivity contribution in [1.29, 1.82) is 0 Å². The number of hydrogen-bond donors (Lipinski definition) is 0. The maximum Gasteiger partial charge on any atom is 0.416 e. The highest BCUT2D eigenvalue weighted by atomic mass is 32.1. The van der Waals surface area contributed by atoms with Crippen LogP contribution in [0.2, 0.25) is 0 Å². The predicted molar refractivity (Wildman–Crippen MR) is 102 cm³/mol. The topological polar surface area (TPSA) is 25.4 Å². The molecule has 0 aliphatic heterocycles. The van der Waals surface area contributed by atoms with Gasteiger partial charge in [-0.1, -0.05) is 18.2 Å². The molecule has 3 rings (SSSR count). The third-order valence-corrected chi connectivity index (χ3v) is 5.42. The van der Waals surface area contributed by atoms with Crippen LogP contribution in [-0.4, -0.2) is 19.1 Å². The lowest BCUT2D eigenvalue weighted by Crippen LogP contribution is -2.16. The Morgan fingerprint density at radius 3 is 2.44 bits per heavy atom. The Bertz CT molecular complexity index is 920. The van der Waals surface area contributed by atoms with Crippen LogP contribution in [0.15, 0.2) is 48.5 Å². The molecule has 7 heteroatoms. The van der Waals surface area contributed by atoms with E-state index >= 15 is 0 Å². The molecule has 0 spiro atoms. The van der Waals surface area contributed by atoms with E-state index in [0.717, 1.165) is 39.1 Å². The molecule has 0 N–H and O–H groups in total. The van der Waals surface area contributed by atoms with E-state index in [9.17, 15) is 13.2 Å². The molecule has 2 aromatic carbocycles. The molecule has 0 saturated heterocycles. The standard InChI is InChI=1S/C20H19F3N2OS/c1-13-18(12-25(2)16-5-4-6-17(11-16)26-3)27-19(24-13)14-7-9-15(10-8-14)20(21,22)23/h4-11H,12H2,1-3H3. The van der Waals surface area contributed by atoms with Crippen LogP contribution in [0.4, 0.5) is 18.9 Å². The molecule has 0 amide bonds. The van der Waals surface area contributed by atoms with Gasteiger partial charge in [0.15, 0.2) is 0 Å². The Labute approximate surface area is 160 Å². The van der Waals surface area contributed by atoms with Gasteiger partial charge in [-0.25, -0.2) is 4.98 Å². The maximum absolute atomic E-state index is 12.7. The molecule has 3 aromatic rings. The summed E-state index contributed by atoms with van der Waals surface area (Å²) in [6, 6.07) is 12.9. The fourth-order valence-electron chi connectivity index (χ4n) is 2.65. The van der Waals surface area contributed by atoms with E-state index in [0.29, 0.717) is 12.1 Å². The summed E-state index contributed by atoms with van der Waals surface area (Å²) < 4.78 is 43.4. The fourth-order valence-corrected chi connectivity index (χ4v) is 3.78. The molecule has 3 nitrogen and oxygen atoms in total. The Balaban J connectivity index is 1.80. The number of rotatable bonds is 5. The number of anilines is 1. The molecule has 0 aliphatic rings. The number of methoxy groups -OCH3 is 1.